The van der Waals surface area contributed by atoms with Crippen LogP contribution in [0.3, 0.4) is 0 Å². The molecule has 0 spiro atoms. The van der Waals surface area contributed by atoms with E-state index in [0.29, 0.717) is 11.5 Å². The SMILES string of the molecule is CNC(CC(C)C)c1cccc(Cl)c1F. The summed E-state index contributed by atoms with van der Waals surface area (Å²) in [7, 11) is 1.84. The van der Waals surface area contributed by atoms with Crippen LogP contribution in [-0.4, -0.2) is 7.05 Å². The van der Waals surface area contributed by atoms with E-state index in [2.05, 4.69) is 19.2 Å². The van der Waals surface area contributed by atoms with Crippen LogP contribution in [0.1, 0.15) is 31.9 Å². The van der Waals surface area contributed by atoms with Crippen molar-refractivity contribution in [2.45, 2.75) is 26.3 Å². The van der Waals surface area contributed by atoms with E-state index in [4.69, 9.17) is 11.6 Å². The predicted molar refractivity (Wildman–Crippen MR) is 62.7 cm³/mol. The Morgan fingerprint density at radius 2 is 2.07 bits per heavy atom. The first-order valence-electron chi connectivity index (χ1n) is 5.17. The van der Waals surface area contributed by atoms with Gasteiger partial charge in [0.1, 0.15) is 5.82 Å². The first-order chi connectivity index (χ1) is 7.06. The van der Waals surface area contributed by atoms with E-state index in [1.807, 2.05) is 7.05 Å². The molecular formula is C12H17ClFN. The molecule has 1 atom stereocenters. The Labute approximate surface area is 95.6 Å². The highest BCUT2D eigenvalue weighted by atomic mass is 35.5. The zero-order valence-electron chi connectivity index (χ0n) is 9.35. The fraction of sp³-hybridized carbons (Fsp3) is 0.500. The third kappa shape index (κ3) is 3.18. The van der Waals surface area contributed by atoms with Gasteiger partial charge in [0.05, 0.1) is 5.02 Å². The summed E-state index contributed by atoms with van der Waals surface area (Å²) < 4.78 is 13.7. The minimum Gasteiger partial charge on any atom is -0.313 e. The zero-order chi connectivity index (χ0) is 11.4. The van der Waals surface area contributed by atoms with Gasteiger partial charge in [-0.3, -0.25) is 0 Å². The molecule has 1 nitrogen and oxygen atoms in total. The van der Waals surface area contributed by atoms with E-state index in [0.717, 1.165) is 6.42 Å². The van der Waals surface area contributed by atoms with Crippen molar-refractivity contribution in [3.63, 3.8) is 0 Å². The fourth-order valence-corrected chi connectivity index (χ4v) is 1.84. The molecular weight excluding hydrogens is 213 g/mol. The summed E-state index contributed by atoms with van der Waals surface area (Å²) in [4.78, 5) is 0. The van der Waals surface area contributed by atoms with Gasteiger partial charge >= 0.3 is 0 Å². The van der Waals surface area contributed by atoms with Crippen molar-refractivity contribution in [2.75, 3.05) is 7.05 Å². The summed E-state index contributed by atoms with van der Waals surface area (Å²) in [6, 6.07) is 5.17. The summed E-state index contributed by atoms with van der Waals surface area (Å²) >= 11 is 5.75. The second-order valence-corrected chi connectivity index (χ2v) is 4.52. The summed E-state index contributed by atoms with van der Waals surface area (Å²) in [6.45, 7) is 4.24. The third-order valence-electron chi connectivity index (χ3n) is 2.41. The van der Waals surface area contributed by atoms with Gasteiger partial charge in [0.2, 0.25) is 0 Å². The van der Waals surface area contributed by atoms with Crippen LogP contribution < -0.4 is 5.32 Å². The number of hydrogen-bond acceptors (Lipinski definition) is 1. The number of halogens is 2. The van der Waals surface area contributed by atoms with Crippen LogP contribution in [0.5, 0.6) is 0 Å². The molecule has 0 saturated heterocycles. The molecule has 0 aromatic heterocycles. The summed E-state index contributed by atoms with van der Waals surface area (Å²) in [5.41, 5.74) is 0.652. The van der Waals surface area contributed by atoms with Crippen LogP contribution in [-0.2, 0) is 0 Å². The highest BCUT2D eigenvalue weighted by Gasteiger charge is 2.16. The lowest BCUT2D eigenvalue weighted by Gasteiger charge is -2.19. The van der Waals surface area contributed by atoms with E-state index in [1.165, 1.54) is 0 Å². The molecule has 0 fully saturated rings. The Hall–Kier alpha value is -0.600. The maximum Gasteiger partial charge on any atom is 0.146 e. The van der Waals surface area contributed by atoms with Crippen molar-refractivity contribution in [1.29, 1.82) is 0 Å². The van der Waals surface area contributed by atoms with Gasteiger partial charge in [-0.1, -0.05) is 37.6 Å². The quantitative estimate of drug-likeness (QED) is 0.829. The third-order valence-corrected chi connectivity index (χ3v) is 2.70. The topological polar surface area (TPSA) is 12.0 Å². The first-order valence-corrected chi connectivity index (χ1v) is 5.55. The van der Waals surface area contributed by atoms with Crippen molar-refractivity contribution in [3.05, 3.63) is 34.6 Å². The van der Waals surface area contributed by atoms with E-state index in [1.54, 1.807) is 18.2 Å². The van der Waals surface area contributed by atoms with E-state index >= 15 is 0 Å². The van der Waals surface area contributed by atoms with Crippen molar-refractivity contribution in [1.82, 2.24) is 5.32 Å². The molecule has 3 heteroatoms. The fourth-order valence-electron chi connectivity index (χ4n) is 1.66. The first kappa shape index (κ1) is 12.5. The lowest BCUT2D eigenvalue weighted by atomic mass is 9.97. The van der Waals surface area contributed by atoms with Gasteiger partial charge in [-0.15, -0.1) is 0 Å². The molecule has 0 aliphatic heterocycles. The molecule has 15 heavy (non-hydrogen) atoms. The molecule has 0 bridgehead atoms. The van der Waals surface area contributed by atoms with Gasteiger partial charge in [0, 0.05) is 11.6 Å². The second-order valence-electron chi connectivity index (χ2n) is 4.11. The number of hydrogen-bond donors (Lipinski definition) is 1. The van der Waals surface area contributed by atoms with E-state index in [-0.39, 0.29) is 16.9 Å². The molecule has 0 radical (unpaired) electrons. The van der Waals surface area contributed by atoms with Crippen molar-refractivity contribution < 1.29 is 4.39 Å². The molecule has 0 aliphatic carbocycles. The predicted octanol–water partition coefficient (Wildman–Crippen LogP) is 3.79. The smallest absolute Gasteiger partial charge is 0.146 e. The van der Waals surface area contributed by atoms with Crippen molar-refractivity contribution in [3.8, 4) is 0 Å². The van der Waals surface area contributed by atoms with Crippen LogP contribution >= 0.6 is 11.6 Å². The second kappa shape index (κ2) is 5.47. The molecule has 1 aromatic carbocycles. The normalized spacial score (nSPS) is 13.2. The van der Waals surface area contributed by atoms with Gasteiger partial charge < -0.3 is 5.32 Å². The van der Waals surface area contributed by atoms with Gasteiger partial charge in [0.15, 0.2) is 0 Å². The van der Waals surface area contributed by atoms with Crippen LogP contribution in [0.2, 0.25) is 5.02 Å². The maximum absolute atomic E-state index is 13.7. The summed E-state index contributed by atoms with van der Waals surface area (Å²) in [5.74, 6) is 0.208. The van der Waals surface area contributed by atoms with Crippen LogP contribution in [0.25, 0.3) is 0 Å². The van der Waals surface area contributed by atoms with Gasteiger partial charge in [-0.25, -0.2) is 4.39 Å². The summed E-state index contributed by atoms with van der Waals surface area (Å²) in [6.07, 6.45) is 0.897. The van der Waals surface area contributed by atoms with Crippen molar-refractivity contribution >= 4 is 11.6 Å². The van der Waals surface area contributed by atoms with Crippen LogP contribution in [0.4, 0.5) is 4.39 Å². The highest BCUT2D eigenvalue weighted by molar-refractivity contribution is 6.30. The zero-order valence-corrected chi connectivity index (χ0v) is 10.1. The highest BCUT2D eigenvalue weighted by Crippen LogP contribution is 2.27. The number of rotatable bonds is 4. The van der Waals surface area contributed by atoms with Gasteiger partial charge in [-0.2, -0.15) is 0 Å². The van der Waals surface area contributed by atoms with Gasteiger partial charge in [-0.05, 0) is 25.5 Å². The molecule has 0 saturated carbocycles. The Morgan fingerprint density at radius 3 is 2.60 bits per heavy atom. The molecule has 1 rings (SSSR count). The molecule has 1 unspecified atom stereocenters. The monoisotopic (exact) mass is 229 g/mol. The van der Waals surface area contributed by atoms with Crippen LogP contribution in [0, 0.1) is 11.7 Å². The Morgan fingerprint density at radius 1 is 1.40 bits per heavy atom. The molecule has 0 heterocycles. The average molecular weight is 230 g/mol. The Kier molecular flexibility index (Phi) is 4.55. The molecule has 0 aliphatic rings. The minimum atomic E-state index is -0.306. The Balaban J connectivity index is 2.96. The van der Waals surface area contributed by atoms with E-state index < -0.39 is 0 Å². The summed E-state index contributed by atoms with van der Waals surface area (Å²) in [5, 5.41) is 3.31. The van der Waals surface area contributed by atoms with Crippen LogP contribution in [0.15, 0.2) is 18.2 Å². The van der Waals surface area contributed by atoms with Crippen molar-refractivity contribution in [2.24, 2.45) is 5.92 Å². The molecule has 84 valence electrons. The number of nitrogens with one attached hydrogen (secondary N) is 1. The average Bonchev–Trinajstić information content (AvgIpc) is 2.19. The molecule has 1 N–H and O–H groups in total. The Bertz CT molecular complexity index is 325. The van der Waals surface area contributed by atoms with E-state index in [9.17, 15) is 4.39 Å². The maximum atomic E-state index is 13.7. The largest absolute Gasteiger partial charge is 0.313 e. The minimum absolute atomic E-state index is 0.0312. The molecule has 0 amide bonds. The molecule has 1 aromatic rings. The number of benzene rings is 1. The lowest BCUT2D eigenvalue weighted by Crippen LogP contribution is -2.19. The standard InChI is InChI=1S/C12H17ClFN/c1-8(2)7-11(15-3)9-5-4-6-10(13)12(9)14/h4-6,8,11,15H,7H2,1-3H3. The van der Waals surface area contributed by atoms with Gasteiger partial charge in [0.25, 0.3) is 0 Å². The lowest BCUT2D eigenvalue weighted by molar-refractivity contribution is 0.440.